The first-order valence-corrected chi connectivity index (χ1v) is 10.2. The van der Waals surface area contributed by atoms with E-state index in [0.29, 0.717) is 37.1 Å². The van der Waals surface area contributed by atoms with E-state index in [9.17, 15) is 0 Å². The maximum Gasteiger partial charge on any atom is 0.203 e. The van der Waals surface area contributed by atoms with E-state index in [0.717, 1.165) is 34.5 Å². The van der Waals surface area contributed by atoms with Crippen LogP contribution in [0.5, 0.6) is 5.75 Å². The number of nitrogen functional groups attached to an aromatic ring is 1. The van der Waals surface area contributed by atoms with Crippen molar-refractivity contribution in [3.63, 3.8) is 0 Å². The van der Waals surface area contributed by atoms with Gasteiger partial charge in [0.15, 0.2) is 0 Å². The van der Waals surface area contributed by atoms with Gasteiger partial charge in [-0.05, 0) is 54.3 Å². The number of anilines is 1. The molecule has 0 saturated carbocycles. The molecule has 0 unspecified atom stereocenters. The Balaban J connectivity index is 1.25. The first kappa shape index (κ1) is 18.6. The third-order valence-electron chi connectivity index (χ3n) is 5.33. The van der Waals surface area contributed by atoms with Gasteiger partial charge >= 0.3 is 0 Å². The zero-order valence-corrected chi connectivity index (χ0v) is 16.6. The summed E-state index contributed by atoms with van der Waals surface area (Å²) in [6, 6.07) is 10.5. The Bertz CT molecular complexity index is 1140. The van der Waals surface area contributed by atoms with Crippen LogP contribution in [0.4, 0.5) is 5.82 Å². The van der Waals surface area contributed by atoms with Crippen LogP contribution in [-0.4, -0.2) is 49.4 Å². The smallest absolute Gasteiger partial charge is 0.203 e. The van der Waals surface area contributed by atoms with Gasteiger partial charge in [-0.15, -0.1) is 5.10 Å². The van der Waals surface area contributed by atoms with Crippen LogP contribution in [0.2, 0.25) is 0 Å². The summed E-state index contributed by atoms with van der Waals surface area (Å²) in [6.45, 7) is 2.47. The van der Waals surface area contributed by atoms with Crippen molar-refractivity contribution in [2.75, 3.05) is 18.9 Å². The number of nitrogens with one attached hydrogen (secondary N) is 2. The summed E-state index contributed by atoms with van der Waals surface area (Å²) in [5, 5.41) is 18.8. The summed E-state index contributed by atoms with van der Waals surface area (Å²) in [7, 11) is 0. The number of nitrogens with zero attached hydrogens (tertiary/aromatic N) is 5. The third kappa shape index (κ3) is 4.11. The molecule has 0 aliphatic carbocycles. The fourth-order valence-corrected chi connectivity index (χ4v) is 3.88. The number of nitrogens with two attached hydrogens (primary N) is 1. The lowest BCUT2D eigenvalue weighted by Crippen LogP contribution is -2.28. The molecule has 1 aliphatic rings. The molecule has 1 fully saturated rings. The second-order valence-electron chi connectivity index (χ2n) is 7.68. The molecule has 0 bridgehead atoms. The highest BCUT2D eigenvalue weighted by molar-refractivity contribution is 5.76. The first-order valence-electron chi connectivity index (χ1n) is 10.2. The van der Waals surface area contributed by atoms with Crippen LogP contribution in [0.15, 0.2) is 42.7 Å². The fourth-order valence-electron chi connectivity index (χ4n) is 3.88. The summed E-state index contributed by atoms with van der Waals surface area (Å²) >= 11 is 0. The number of hydrogen-bond donors (Lipinski definition) is 3. The molecule has 0 amide bonds. The van der Waals surface area contributed by atoms with Crippen LogP contribution >= 0.6 is 0 Å². The summed E-state index contributed by atoms with van der Waals surface area (Å²) in [5.74, 6) is 1.33. The molecule has 30 heavy (non-hydrogen) atoms. The van der Waals surface area contributed by atoms with Crippen LogP contribution in [-0.2, 0) is 13.0 Å². The number of ether oxygens (including phenoxy) is 1. The van der Waals surface area contributed by atoms with Gasteiger partial charge < -0.3 is 15.8 Å². The number of benzene rings is 1. The lowest BCUT2D eigenvalue weighted by Gasteiger charge is -2.13. The summed E-state index contributed by atoms with van der Waals surface area (Å²) in [4.78, 5) is 4.18. The van der Waals surface area contributed by atoms with Crippen molar-refractivity contribution in [3.8, 4) is 5.75 Å². The van der Waals surface area contributed by atoms with Gasteiger partial charge in [0.05, 0.1) is 12.7 Å². The van der Waals surface area contributed by atoms with E-state index in [1.54, 1.807) is 0 Å². The van der Waals surface area contributed by atoms with Gasteiger partial charge in [0, 0.05) is 18.7 Å². The van der Waals surface area contributed by atoms with E-state index in [4.69, 9.17) is 10.5 Å². The molecule has 9 nitrogen and oxygen atoms in total. The molecule has 1 aliphatic heterocycles. The van der Waals surface area contributed by atoms with Crippen LogP contribution in [0, 0.1) is 0 Å². The fraction of sp³-hybridized carbons (Fsp3) is 0.333. The number of rotatable bonds is 7. The van der Waals surface area contributed by atoms with Crippen molar-refractivity contribution >= 4 is 17.0 Å². The number of aromatic amines is 1. The van der Waals surface area contributed by atoms with Crippen LogP contribution in [0.25, 0.3) is 11.2 Å². The Kier molecular flexibility index (Phi) is 5.02. The molecular formula is C21H24N8O. The van der Waals surface area contributed by atoms with Crippen molar-refractivity contribution in [1.29, 1.82) is 0 Å². The van der Waals surface area contributed by atoms with E-state index in [-0.39, 0.29) is 0 Å². The molecular weight excluding hydrogens is 380 g/mol. The molecule has 0 radical (unpaired) electrons. The Morgan fingerprint density at radius 2 is 2.17 bits per heavy atom. The maximum absolute atomic E-state index is 5.97. The van der Waals surface area contributed by atoms with Gasteiger partial charge in [0.25, 0.3) is 0 Å². The van der Waals surface area contributed by atoms with Crippen molar-refractivity contribution in [2.24, 2.45) is 0 Å². The molecule has 154 valence electrons. The van der Waals surface area contributed by atoms with Crippen LogP contribution in [0.3, 0.4) is 0 Å². The highest BCUT2D eigenvalue weighted by Gasteiger charge is 2.14. The van der Waals surface area contributed by atoms with Gasteiger partial charge in [0.1, 0.15) is 23.7 Å². The van der Waals surface area contributed by atoms with E-state index < -0.39 is 0 Å². The van der Waals surface area contributed by atoms with Gasteiger partial charge in [-0.25, -0.2) is 4.98 Å². The topological polar surface area (TPSA) is 120 Å². The second-order valence-corrected chi connectivity index (χ2v) is 7.68. The Morgan fingerprint density at radius 1 is 1.20 bits per heavy atom. The molecule has 1 atom stereocenters. The Morgan fingerprint density at radius 3 is 3.07 bits per heavy atom. The van der Waals surface area contributed by atoms with Crippen molar-refractivity contribution < 1.29 is 4.74 Å². The highest BCUT2D eigenvalue weighted by Crippen LogP contribution is 2.20. The molecule has 5 rings (SSSR count). The first-order chi connectivity index (χ1) is 14.7. The summed E-state index contributed by atoms with van der Waals surface area (Å²) in [6.07, 6.45) is 6.98. The van der Waals surface area contributed by atoms with Gasteiger partial charge in [0.2, 0.25) is 5.65 Å². The minimum Gasteiger partial charge on any atom is -0.492 e. The second kappa shape index (κ2) is 8.11. The molecule has 9 heteroatoms. The average molecular weight is 404 g/mol. The highest BCUT2D eigenvalue weighted by atomic mass is 16.5. The van der Waals surface area contributed by atoms with E-state index in [1.165, 1.54) is 12.8 Å². The maximum atomic E-state index is 5.97. The summed E-state index contributed by atoms with van der Waals surface area (Å²) < 4.78 is 7.90. The molecule has 1 saturated heterocycles. The zero-order chi connectivity index (χ0) is 20.3. The predicted octanol–water partition coefficient (Wildman–Crippen LogP) is 1.90. The van der Waals surface area contributed by atoms with E-state index in [1.807, 2.05) is 35.3 Å². The van der Waals surface area contributed by atoms with Crippen LogP contribution in [0.1, 0.15) is 29.5 Å². The monoisotopic (exact) mass is 404 g/mol. The Hall–Kier alpha value is -3.46. The number of aromatic nitrogens is 6. The van der Waals surface area contributed by atoms with Crippen molar-refractivity contribution in [2.45, 2.75) is 31.8 Å². The SMILES string of the molecule is Nc1cc(Cc2cnn(Cc3cccc(OC[C@H]4CCCN4)c3)c2)c2n[nH]nc2n1. The standard InChI is InChI=1S/C21H24N8O/c22-19-9-16(20-21(25-19)27-28-26-20)7-15-10-24-29(12-15)11-14-3-1-5-18(8-14)30-13-17-4-2-6-23-17/h1,3,5,8-10,12,17,23H,2,4,6-7,11,13H2,(H3,22,25,26,27,28)/t17-/m1/s1. The van der Waals surface area contributed by atoms with Gasteiger partial charge in [-0.2, -0.15) is 15.4 Å². The van der Waals surface area contributed by atoms with E-state index in [2.05, 4.69) is 42.9 Å². The lowest BCUT2D eigenvalue weighted by atomic mass is 10.1. The van der Waals surface area contributed by atoms with Crippen molar-refractivity contribution in [3.05, 3.63) is 59.4 Å². The molecule has 1 aromatic carbocycles. The average Bonchev–Trinajstić information content (AvgIpc) is 3.49. The number of hydrogen-bond acceptors (Lipinski definition) is 7. The van der Waals surface area contributed by atoms with Gasteiger partial charge in [-0.1, -0.05) is 12.1 Å². The quantitative estimate of drug-likeness (QED) is 0.430. The lowest BCUT2D eigenvalue weighted by molar-refractivity contribution is 0.277. The largest absolute Gasteiger partial charge is 0.492 e. The van der Waals surface area contributed by atoms with E-state index >= 15 is 0 Å². The normalized spacial score (nSPS) is 16.3. The minimum atomic E-state index is 0.434. The number of fused-ring (bicyclic) bond motifs is 1. The number of pyridine rings is 1. The van der Waals surface area contributed by atoms with Crippen molar-refractivity contribution in [1.82, 2.24) is 35.5 Å². The molecule has 4 N–H and O–H groups in total. The Labute approximate surface area is 173 Å². The predicted molar refractivity (Wildman–Crippen MR) is 113 cm³/mol. The molecule has 4 heterocycles. The summed E-state index contributed by atoms with van der Waals surface area (Å²) in [5.41, 5.74) is 10.4. The minimum absolute atomic E-state index is 0.434. The zero-order valence-electron chi connectivity index (χ0n) is 16.6. The molecule has 3 aromatic heterocycles. The molecule has 0 spiro atoms. The van der Waals surface area contributed by atoms with Crippen LogP contribution < -0.4 is 15.8 Å². The number of H-pyrrole nitrogens is 1. The molecule has 4 aromatic rings. The van der Waals surface area contributed by atoms with Gasteiger partial charge in [-0.3, -0.25) is 4.68 Å². The third-order valence-corrected chi connectivity index (χ3v) is 5.33.